The number of amides is 2. The molecule has 1 aromatic rings. The largest absolute Gasteiger partial charge is 0.494 e. The fourth-order valence-electron chi connectivity index (χ4n) is 1.93. The summed E-state index contributed by atoms with van der Waals surface area (Å²) >= 11 is 0. The Hall–Kier alpha value is -2.17. The van der Waals surface area contributed by atoms with Crippen molar-refractivity contribution >= 4 is 18.1 Å². The van der Waals surface area contributed by atoms with Crippen molar-refractivity contribution in [3.05, 3.63) is 29.8 Å². The van der Waals surface area contributed by atoms with Crippen LogP contribution in [0.4, 0.5) is 0 Å². The second-order valence-electron chi connectivity index (χ2n) is 4.33. The molecule has 2 amide bonds. The third-order valence-corrected chi connectivity index (χ3v) is 2.97. The van der Waals surface area contributed by atoms with Crippen LogP contribution in [0.15, 0.2) is 24.3 Å². The molecule has 5 heteroatoms. The van der Waals surface area contributed by atoms with Crippen molar-refractivity contribution < 1.29 is 19.1 Å². The van der Waals surface area contributed by atoms with Gasteiger partial charge < -0.3 is 4.74 Å². The summed E-state index contributed by atoms with van der Waals surface area (Å²) in [4.78, 5) is 34.5. The first-order valence-corrected chi connectivity index (χ1v) is 6.22. The van der Waals surface area contributed by atoms with Gasteiger partial charge in [0.15, 0.2) is 0 Å². The number of aldehydes is 1. The average Bonchev–Trinajstić information content (AvgIpc) is 2.75. The van der Waals surface area contributed by atoms with Gasteiger partial charge in [-0.05, 0) is 30.7 Å². The fourth-order valence-corrected chi connectivity index (χ4v) is 1.93. The molecule has 1 aromatic carbocycles. The Bertz CT molecular complexity index is 465. The van der Waals surface area contributed by atoms with Gasteiger partial charge in [0.1, 0.15) is 12.0 Å². The predicted molar refractivity (Wildman–Crippen MR) is 67.9 cm³/mol. The highest BCUT2D eigenvalue weighted by Crippen LogP contribution is 2.13. The minimum Gasteiger partial charge on any atom is -0.494 e. The zero-order valence-corrected chi connectivity index (χ0v) is 10.5. The van der Waals surface area contributed by atoms with Crippen molar-refractivity contribution in [2.24, 2.45) is 0 Å². The first-order chi connectivity index (χ1) is 9.20. The number of imide groups is 1. The number of benzene rings is 1. The van der Waals surface area contributed by atoms with E-state index >= 15 is 0 Å². The highest BCUT2D eigenvalue weighted by molar-refractivity contribution is 6.01. The lowest BCUT2D eigenvalue weighted by molar-refractivity contribution is -0.138. The van der Waals surface area contributed by atoms with Crippen LogP contribution in [0.1, 0.15) is 29.6 Å². The number of likely N-dealkylation sites (tertiary alicyclic amines) is 1. The standard InChI is InChI=1S/C14H15NO4/c16-10-11-2-4-12(5-3-11)19-9-1-8-15-13(17)6-7-14(15)18/h2-5,10H,1,6-9H2. The van der Waals surface area contributed by atoms with Crippen LogP contribution in [0.25, 0.3) is 0 Å². The second-order valence-corrected chi connectivity index (χ2v) is 4.33. The van der Waals surface area contributed by atoms with Gasteiger partial charge in [0.05, 0.1) is 6.61 Å². The summed E-state index contributed by atoms with van der Waals surface area (Å²) in [5.74, 6) is 0.477. The lowest BCUT2D eigenvalue weighted by Gasteiger charge is -2.13. The quantitative estimate of drug-likeness (QED) is 0.441. The molecule has 0 atom stereocenters. The first-order valence-electron chi connectivity index (χ1n) is 6.22. The van der Waals surface area contributed by atoms with E-state index < -0.39 is 0 Å². The summed E-state index contributed by atoms with van der Waals surface area (Å²) in [5, 5.41) is 0. The maximum Gasteiger partial charge on any atom is 0.229 e. The van der Waals surface area contributed by atoms with E-state index in [1.165, 1.54) is 4.90 Å². The number of carbonyl (C=O) groups is 3. The summed E-state index contributed by atoms with van der Waals surface area (Å²) < 4.78 is 5.47. The van der Waals surface area contributed by atoms with Gasteiger partial charge in [-0.25, -0.2) is 0 Å². The van der Waals surface area contributed by atoms with E-state index in [1.807, 2.05) is 0 Å². The summed E-state index contributed by atoms with van der Waals surface area (Å²) in [6.45, 7) is 0.835. The highest BCUT2D eigenvalue weighted by Gasteiger charge is 2.27. The summed E-state index contributed by atoms with van der Waals surface area (Å²) in [6.07, 6.45) is 2.03. The third kappa shape index (κ3) is 3.40. The number of hydrogen-bond acceptors (Lipinski definition) is 4. The van der Waals surface area contributed by atoms with Crippen LogP contribution < -0.4 is 4.74 Å². The molecule has 1 saturated heterocycles. The number of ether oxygens (including phenoxy) is 1. The average molecular weight is 261 g/mol. The summed E-state index contributed by atoms with van der Waals surface area (Å²) in [7, 11) is 0. The Morgan fingerprint density at radius 1 is 1.11 bits per heavy atom. The highest BCUT2D eigenvalue weighted by atomic mass is 16.5. The molecule has 0 bridgehead atoms. The molecular weight excluding hydrogens is 246 g/mol. The van der Waals surface area contributed by atoms with Crippen LogP contribution in [0.5, 0.6) is 5.75 Å². The molecule has 0 radical (unpaired) electrons. The molecule has 19 heavy (non-hydrogen) atoms. The zero-order chi connectivity index (χ0) is 13.7. The lowest BCUT2D eigenvalue weighted by Crippen LogP contribution is -2.30. The van der Waals surface area contributed by atoms with Gasteiger partial charge in [0, 0.05) is 24.9 Å². The first kappa shape index (κ1) is 13.3. The van der Waals surface area contributed by atoms with Crippen molar-refractivity contribution in [1.82, 2.24) is 4.90 Å². The van der Waals surface area contributed by atoms with E-state index in [-0.39, 0.29) is 11.8 Å². The van der Waals surface area contributed by atoms with E-state index in [4.69, 9.17) is 4.74 Å². The normalized spacial score (nSPS) is 14.8. The molecule has 0 unspecified atom stereocenters. The van der Waals surface area contributed by atoms with Crippen LogP contribution >= 0.6 is 0 Å². The molecule has 0 saturated carbocycles. The monoisotopic (exact) mass is 261 g/mol. The van der Waals surface area contributed by atoms with Crippen molar-refractivity contribution in [2.75, 3.05) is 13.2 Å². The molecule has 0 spiro atoms. The third-order valence-electron chi connectivity index (χ3n) is 2.97. The zero-order valence-electron chi connectivity index (χ0n) is 10.5. The number of hydrogen-bond donors (Lipinski definition) is 0. The Balaban J connectivity index is 1.73. The molecule has 1 aliphatic rings. The van der Waals surface area contributed by atoms with E-state index in [2.05, 4.69) is 0 Å². The molecule has 0 N–H and O–H groups in total. The minimum atomic E-state index is -0.0969. The summed E-state index contributed by atoms with van der Waals surface area (Å²) in [5.41, 5.74) is 0.598. The molecule has 0 aromatic heterocycles. The Morgan fingerprint density at radius 3 is 2.32 bits per heavy atom. The van der Waals surface area contributed by atoms with Crippen LogP contribution in [-0.2, 0) is 9.59 Å². The van der Waals surface area contributed by atoms with Crippen LogP contribution in [0.2, 0.25) is 0 Å². The number of nitrogens with zero attached hydrogens (tertiary/aromatic N) is 1. The van der Waals surface area contributed by atoms with Gasteiger partial charge in [-0.3, -0.25) is 19.3 Å². The minimum absolute atomic E-state index is 0.0969. The maximum atomic E-state index is 11.4. The van der Waals surface area contributed by atoms with Crippen LogP contribution in [0.3, 0.4) is 0 Å². The van der Waals surface area contributed by atoms with Crippen molar-refractivity contribution in [3.63, 3.8) is 0 Å². The van der Waals surface area contributed by atoms with Crippen LogP contribution in [-0.4, -0.2) is 36.2 Å². The predicted octanol–water partition coefficient (Wildman–Crippen LogP) is 1.42. The van der Waals surface area contributed by atoms with E-state index in [0.29, 0.717) is 43.7 Å². The Kier molecular flexibility index (Phi) is 4.28. The fraction of sp³-hybridized carbons (Fsp3) is 0.357. The Labute approximate surface area is 111 Å². The SMILES string of the molecule is O=Cc1ccc(OCCCN2C(=O)CCC2=O)cc1. The van der Waals surface area contributed by atoms with E-state index in [1.54, 1.807) is 24.3 Å². The second kappa shape index (κ2) is 6.13. The topological polar surface area (TPSA) is 63.7 Å². The summed E-state index contributed by atoms with van der Waals surface area (Å²) in [6, 6.07) is 6.79. The Morgan fingerprint density at radius 2 is 1.74 bits per heavy atom. The lowest BCUT2D eigenvalue weighted by atomic mass is 10.2. The van der Waals surface area contributed by atoms with Gasteiger partial charge in [-0.2, -0.15) is 0 Å². The maximum absolute atomic E-state index is 11.4. The number of rotatable bonds is 6. The number of carbonyl (C=O) groups excluding carboxylic acids is 3. The smallest absolute Gasteiger partial charge is 0.229 e. The van der Waals surface area contributed by atoms with E-state index in [0.717, 1.165) is 6.29 Å². The molecule has 0 aliphatic carbocycles. The molecular formula is C14H15NO4. The van der Waals surface area contributed by atoms with Crippen LogP contribution in [0, 0.1) is 0 Å². The van der Waals surface area contributed by atoms with Gasteiger partial charge in [-0.15, -0.1) is 0 Å². The molecule has 5 nitrogen and oxygen atoms in total. The van der Waals surface area contributed by atoms with Gasteiger partial charge in [0.2, 0.25) is 11.8 Å². The molecule has 100 valence electrons. The van der Waals surface area contributed by atoms with Crippen molar-refractivity contribution in [1.29, 1.82) is 0 Å². The van der Waals surface area contributed by atoms with Gasteiger partial charge in [0.25, 0.3) is 0 Å². The van der Waals surface area contributed by atoms with E-state index in [9.17, 15) is 14.4 Å². The van der Waals surface area contributed by atoms with Gasteiger partial charge >= 0.3 is 0 Å². The van der Waals surface area contributed by atoms with Gasteiger partial charge in [-0.1, -0.05) is 0 Å². The molecule has 1 aliphatic heterocycles. The molecule has 1 fully saturated rings. The van der Waals surface area contributed by atoms with Crippen molar-refractivity contribution in [3.8, 4) is 5.75 Å². The van der Waals surface area contributed by atoms with Crippen molar-refractivity contribution in [2.45, 2.75) is 19.3 Å². The molecule has 2 rings (SSSR count). The molecule has 1 heterocycles.